The van der Waals surface area contributed by atoms with Crippen LogP contribution in [-0.2, 0) is 17.3 Å². The van der Waals surface area contributed by atoms with E-state index in [1.54, 1.807) is 12.5 Å². The van der Waals surface area contributed by atoms with Gasteiger partial charge in [-0.05, 0) is 6.42 Å². The molecule has 13 heavy (non-hydrogen) atoms. The van der Waals surface area contributed by atoms with E-state index in [4.69, 9.17) is 5.73 Å². The lowest BCUT2D eigenvalue weighted by atomic mass is 10.3. The second-order valence-corrected chi connectivity index (χ2v) is 4.88. The molecule has 2 unspecified atom stereocenters. The molecular formula is C8H15N3OS. The van der Waals surface area contributed by atoms with Gasteiger partial charge in [0.25, 0.3) is 0 Å². The molecule has 0 saturated carbocycles. The topological polar surface area (TPSA) is 60.9 Å². The zero-order valence-corrected chi connectivity index (χ0v) is 8.75. The van der Waals surface area contributed by atoms with Crippen molar-refractivity contribution in [3.63, 3.8) is 0 Å². The number of aromatic nitrogens is 2. The molecule has 0 saturated heterocycles. The summed E-state index contributed by atoms with van der Waals surface area (Å²) < 4.78 is 12.9. The summed E-state index contributed by atoms with van der Waals surface area (Å²) >= 11 is 0. The Kier molecular flexibility index (Phi) is 3.48. The highest BCUT2D eigenvalue weighted by molar-refractivity contribution is 7.84. The van der Waals surface area contributed by atoms with Gasteiger partial charge < -0.3 is 10.3 Å². The molecule has 0 bridgehead atoms. The van der Waals surface area contributed by atoms with Crippen molar-refractivity contribution in [2.24, 2.45) is 0 Å². The third-order valence-electron chi connectivity index (χ3n) is 2.09. The quantitative estimate of drug-likeness (QED) is 0.777. The van der Waals surface area contributed by atoms with Crippen LogP contribution in [0.15, 0.2) is 12.4 Å². The Morgan fingerprint density at radius 1 is 1.77 bits per heavy atom. The number of nitrogens with zero attached hydrogens (tertiary/aromatic N) is 2. The van der Waals surface area contributed by atoms with E-state index in [1.807, 2.05) is 17.7 Å². The first-order valence-corrected chi connectivity index (χ1v) is 5.82. The summed E-state index contributed by atoms with van der Waals surface area (Å²) in [4.78, 5) is 3.90. The normalized spacial score (nSPS) is 15.5. The van der Waals surface area contributed by atoms with Crippen molar-refractivity contribution < 1.29 is 4.21 Å². The summed E-state index contributed by atoms with van der Waals surface area (Å²) in [6.07, 6.45) is 6.09. The summed E-state index contributed by atoms with van der Waals surface area (Å²) in [5, 5.41) is 0.210. The summed E-state index contributed by atoms with van der Waals surface area (Å²) in [6.45, 7) is 2.76. The maximum Gasteiger partial charge on any atom is 0.200 e. The average Bonchev–Trinajstić information content (AvgIpc) is 2.47. The molecule has 0 amide bonds. The van der Waals surface area contributed by atoms with Gasteiger partial charge in [0.2, 0.25) is 0 Å². The number of hydrogen-bond donors (Lipinski definition) is 1. The third kappa shape index (κ3) is 2.84. The van der Waals surface area contributed by atoms with E-state index in [9.17, 15) is 4.21 Å². The van der Waals surface area contributed by atoms with Gasteiger partial charge in [-0.3, -0.25) is 4.21 Å². The van der Waals surface area contributed by atoms with Crippen LogP contribution >= 0.6 is 0 Å². The smallest absolute Gasteiger partial charge is 0.200 e. The molecule has 1 rings (SSSR count). The minimum atomic E-state index is -0.753. The van der Waals surface area contributed by atoms with Gasteiger partial charge in [-0.15, -0.1) is 0 Å². The van der Waals surface area contributed by atoms with E-state index in [1.165, 1.54) is 0 Å². The van der Waals surface area contributed by atoms with Crippen LogP contribution < -0.4 is 5.73 Å². The van der Waals surface area contributed by atoms with Crippen molar-refractivity contribution in [1.29, 1.82) is 0 Å². The molecule has 1 aromatic rings. The van der Waals surface area contributed by atoms with Gasteiger partial charge in [0, 0.05) is 41.2 Å². The van der Waals surface area contributed by atoms with Crippen molar-refractivity contribution in [1.82, 2.24) is 9.55 Å². The number of rotatable bonds is 4. The highest BCUT2D eigenvalue weighted by Crippen LogP contribution is 2.05. The molecule has 1 heterocycles. The average molecular weight is 201 g/mol. The van der Waals surface area contributed by atoms with Crippen molar-refractivity contribution in [3.8, 4) is 0 Å². The Labute approximate surface area is 80.6 Å². The van der Waals surface area contributed by atoms with Crippen molar-refractivity contribution >= 4 is 16.7 Å². The van der Waals surface area contributed by atoms with E-state index < -0.39 is 10.8 Å². The number of hydrogen-bond acceptors (Lipinski definition) is 3. The van der Waals surface area contributed by atoms with Crippen molar-refractivity contribution in [3.05, 3.63) is 12.4 Å². The Morgan fingerprint density at radius 3 is 2.92 bits per heavy atom. The fourth-order valence-corrected chi connectivity index (χ4v) is 1.45. The minimum Gasteiger partial charge on any atom is -0.369 e. The van der Waals surface area contributed by atoms with Crippen molar-refractivity contribution in [2.75, 3.05) is 12.0 Å². The molecule has 2 atom stereocenters. The van der Waals surface area contributed by atoms with Gasteiger partial charge in [-0.2, -0.15) is 0 Å². The van der Waals surface area contributed by atoms with Crippen LogP contribution in [0.1, 0.15) is 13.3 Å². The number of anilines is 1. The maximum atomic E-state index is 11.0. The first-order chi connectivity index (χ1) is 6.11. The highest BCUT2D eigenvalue weighted by atomic mass is 32.2. The molecule has 0 spiro atoms. The molecule has 1 aromatic heterocycles. The van der Waals surface area contributed by atoms with Gasteiger partial charge in [0.1, 0.15) is 0 Å². The Balaban J connectivity index is 2.44. The number of imidazole rings is 1. The van der Waals surface area contributed by atoms with E-state index in [-0.39, 0.29) is 5.25 Å². The Bertz CT molecular complexity index is 297. The molecule has 2 N–H and O–H groups in total. The minimum absolute atomic E-state index is 0.210. The largest absolute Gasteiger partial charge is 0.369 e. The zero-order chi connectivity index (χ0) is 9.84. The van der Waals surface area contributed by atoms with Crippen LogP contribution in [0.4, 0.5) is 5.95 Å². The predicted molar refractivity (Wildman–Crippen MR) is 54.8 cm³/mol. The Hall–Kier alpha value is -0.840. The first-order valence-electron chi connectivity index (χ1n) is 4.20. The van der Waals surface area contributed by atoms with E-state index >= 15 is 0 Å². The predicted octanol–water partition coefficient (Wildman–Crippen LogP) is 0.622. The van der Waals surface area contributed by atoms with Crippen LogP contribution in [0.3, 0.4) is 0 Å². The fraction of sp³-hybridized carbons (Fsp3) is 0.625. The monoisotopic (exact) mass is 201 g/mol. The molecule has 0 radical (unpaired) electrons. The summed E-state index contributed by atoms with van der Waals surface area (Å²) in [5.41, 5.74) is 5.58. The molecule has 4 nitrogen and oxygen atoms in total. The molecule has 0 aliphatic heterocycles. The second-order valence-electron chi connectivity index (χ2n) is 3.08. The molecule has 0 aromatic carbocycles. The maximum absolute atomic E-state index is 11.0. The summed E-state index contributed by atoms with van der Waals surface area (Å²) in [7, 11) is -0.753. The van der Waals surface area contributed by atoms with Crippen LogP contribution in [0.25, 0.3) is 0 Å². The SMILES string of the molecule is CC(CCn1ccnc1N)S(C)=O. The molecule has 0 aliphatic carbocycles. The van der Waals surface area contributed by atoms with Gasteiger partial charge in [0.15, 0.2) is 5.95 Å². The fourth-order valence-electron chi connectivity index (χ4n) is 1.02. The van der Waals surface area contributed by atoms with E-state index in [2.05, 4.69) is 4.98 Å². The first kappa shape index (κ1) is 10.2. The number of nitrogen functional groups attached to an aromatic ring is 1. The van der Waals surface area contributed by atoms with Gasteiger partial charge in [0.05, 0.1) is 0 Å². The zero-order valence-electron chi connectivity index (χ0n) is 7.93. The molecule has 0 aliphatic rings. The molecule has 74 valence electrons. The lowest BCUT2D eigenvalue weighted by molar-refractivity contribution is 0.624. The van der Waals surface area contributed by atoms with E-state index in [0.29, 0.717) is 5.95 Å². The molecule has 0 fully saturated rings. The van der Waals surface area contributed by atoms with Crippen LogP contribution in [0.2, 0.25) is 0 Å². The number of nitrogens with two attached hydrogens (primary N) is 1. The van der Waals surface area contributed by atoms with Crippen LogP contribution in [0, 0.1) is 0 Å². The van der Waals surface area contributed by atoms with Gasteiger partial charge in [-0.1, -0.05) is 6.92 Å². The van der Waals surface area contributed by atoms with E-state index in [0.717, 1.165) is 13.0 Å². The summed E-state index contributed by atoms with van der Waals surface area (Å²) in [5.74, 6) is 0.522. The summed E-state index contributed by atoms with van der Waals surface area (Å²) in [6, 6.07) is 0. The van der Waals surface area contributed by atoms with Crippen LogP contribution in [0.5, 0.6) is 0 Å². The lowest BCUT2D eigenvalue weighted by Crippen LogP contribution is -2.13. The molecule has 5 heteroatoms. The highest BCUT2D eigenvalue weighted by Gasteiger charge is 2.06. The third-order valence-corrected chi connectivity index (χ3v) is 3.46. The second kappa shape index (κ2) is 4.41. The van der Waals surface area contributed by atoms with Gasteiger partial charge in [-0.25, -0.2) is 4.98 Å². The molecular weight excluding hydrogens is 186 g/mol. The van der Waals surface area contributed by atoms with Crippen LogP contribution in [-0.4, -0.2) is 25.3 Å². The van der Waals surface area contributed by atoms with Gasteiger partial charge >= 0.3 is 0 Å². The lowest BCUT2D eigenvalue weighted by Gasteiger charge is -2.09. The van der Waals surface area contributed by atoms with Crippen molar-refractivity contribution in [2.45, 2.75) is 25.1 Å². The Morgan fingerprint density at radius 2 is 2.46 bits per heavy atom. The number of aryl methyl sites for hydroxylation is 1. The standard InChI is InChI=1S/C8H15N3OS/c1-7(13(2)12)3-5-11-6-4-10-8(11)9/h4,6-7H,3,5H2,1-2H3,(H2,9,10).